The van der Waals surface area contributed by atoms with E-state index in [1.807, 2.05) is 36.7 Å². The number of aromatic nitrogens is 2. The van der Waals surface area contributed by atoms with Gasteiger partial charge in [-0.1, -0.05) is 29.8 Å². The molecule has 3 aromatic rings. The molecular formula is C19H22N4O. The molecule has 1 N–H and O–H groups in total. The fourth-order valence-electron chi connectivity index (χ4n) is 2.78. The molecule has 0 spiro atoms. The van der Waals surface area contributed by atoms with Crippen LogP contribution in [0.4, 0.5) is 0 Å². The number of likely N-dealkylation sites (N-methyl/N-ethyl adjacent to an activating group) is 1. The molecule has 124 valence electrons. The quantitative estimate of drug-likeness (QED) is 0.786. The smallest absolute Gasteiger partial charge is 0.253 e. The van der Waals surface area contributed by atoms with E-state index in [0.29, 0.717) is 5.56 Å². The highest BCUT2D eigenvalue weighted by Crippen LogP contribution is 2.16. The van der Waals surface area contributed by atoms with Crippen molar-refractivity contribution in [3.63, 3.8) is 0 Å². The zero-order valence-corrected chi connectivity index (χ0v) is 14.2. The van der Waals surface area contributed by atoms with Crippen molar-refractivity contribution in [2.45, 2.75) is 13.0 Å². The lowest BCUT2D eigenvalue weighted by atomic mass is 10.0. The Bertz CT molecular complexity index is 853. The van der Waals surface area contributed by atoms with Crippen LogP contribution in [0.2, 0.25) is 0 Å². The molecule has 3 rings (SSSR count). The summed E-state index contributed by atoms with van der Waals surface area (Å²) in [5.41, 5.74) is 3.89. The van der Waals surface area contributed by atoms with Crippen LogP contribution in [0.1, 0.15) is 27.5 Å². The van der Waals surface area contributed by atoms with Crippen LogP contribution in [0.25, 0.3) is 5.52 Å². The summed E-state index contributed by atoms with van der Waals surface area (Å²) in [4.78, 5) is 18.9. The van der Waals surface area contributed by atoms with Crippen molar-refractivity contribution in [3.05, 3.63) is 71.8 Å². The molecule has 0 radical (unpaired) electrons. The normalized spacial score (nSPS) is 12.5. The lowest BCUT2D eigenvalue weighted by Gasteiger charge is -2.23. The van der Waals surface area contributed by atoms with E-state index in [2.05, 4.69) is 40.3 Å². The van der Waals surface area contributed by atoms with Crippen LogP contribution >= 0.6 is 0 Å². The molecule has 1 unspecified atom stereocenters. The molecule has 2 heterocycles. The summed E-state index contributed by atoms with van der Waals surface area (Å²) in [6, 6.07) is 11.9. The number of aryl methyl sites for hydroxylation is 1. The monoisotopic (exact) mass is 322 g/mol. The molecule has 0 bridgehead atoms. The third-order valence-corrected chi connectivity index (χ3v) is 3.97. The molecule has 0 saturated heterocycles. The second kappa shape index (κ2) is 6.84. The number of carbonyl (C=O) groups excluding carboxylic acids is 1. The van der Waals surface area contributed by atoms with Crippen molar-refractivity contribution >= 4 is 11.4 Å². The maximum absolute atomic E-state index is 12.7. The topological polar surface area (TPSA) is 49.6 Å². The van der Waals surface area contributed by atoms with E-state index in [4.69, 9.17) is 0 Å². The van der Waals surface area contributed by atoms with Gasteiger partial charge in [-0.15, -0.1) is 0 Å². The van der Waals surface area contributed by atoms with Gasteiger partial charge in [-0.3, -0.25) is 4.79 Å². The second-order valence-electron chi connectivity index (χ2n) is 6.35. The number of nitrogens with one attached hydrogen (secondary N) is 1. The SMILES string of the molecule is Cc1cccc(C(CN(C)C)NC(=O)c2ccc3cncn3c2)c1. The van der Waals surface area contributed by atoms with Crippen LogP contribution in [0.15, 0.2) is 55.1 Å². The number of hydrogen-bond acceptors (Lipinski definition) is 3. The van der Waals surface area contributed by atoms with E-state index >= 15 is 0 Å². The Labute approximate surface area is 141 Å². The lowest BCUT2D eigenvalue weighted by molar-refractivity contribution is 0.0929. The Morgan fingerprint density at radius 2 is 2.12 bits per heavy atom. The third kappa shape index (κ3) is 3.63. The van der Waals surface area contributed by atoms with Crippen molar-refractivity contribution in [2.24, 2.45) is 0 Å². The number of amides is 1. The first-order chi connectivity index (χ1) is 11.5. The van der Waals surface area contributed by atoms with E-state index in [9.17, 15) is 4.79 Å². The number of imidazole rings is 1. The Morgan fingerprint density at radius 3 is 2.88 bits per heavy atom. The Kier molecular flexibility index (Phi) is 4.62. The van der Waals surface area contributed by atoms with Crippen LogP contribution in [-0.2, 0) is 0 Å². The molecule has 5 nitrogen and oxygen atoms in total. The van der Waals surface area contributed by atoms with E-state index < -0.39 is 0 Å². The first kappa shape index (κ1) is 16.2. The minimum atomic E-state index is -0.0843. The van der Waals surface area contributed by atoms with Crippen LogP contribution in [0, 0.1) is 6.92 Å². The zero-order valence-electron chi connectivity index (χ0n) is 14.2. The van der Waals surface area contributed by atoms with E-state index in [-0.39, 0.29) is 11.9 Å². The largest absolute Gasteiger partial charge is 0.344 e. The van der Waals surface area contributed by atoms with Gasteiger partial charge in [-0.05, 0) is 38.7 Å². The fraction of sp³-hybridized carbons (Fsp3) is 0.263. The zero-order chi connectivity index (χ0) is 17.1. The summed E-state index contributed by atoms with van der Waals surface area (Å²) in [7, 11) is 4.01. The number of nitrogens with zero attached hydrogens (tertiary/aromatic N) is 3. The summed E-state index contributed by atoms with van der Waals surface area (Å²) in [6.45, 7) is 2.80. The molecule has 2 aromatic heterocycles. The first-order valence-corrected chi connectivity index (χ1v) is 7.97. The molecule has 5 heteroatoms. The molecule has 24 heavy (non-hydrogen) atoms. The number of hydrogen-bond donors (Lipinski definition) is 1. The van der Waals surface area contributed by atoms with Crippen LogP contribution in [-0.4, -0.2) is 40.8 Å². The van der Waals surface area contributed by atoms with Gasteiger partial charge in [-0.25, -0.2) is 4.98 Å². The maximum atomic E-state index is 12.7. The number of fused-ring (bicyclic) bond motifs is 1. The summed E-state index contributed by atoms with van der Waals surface area (Å²) < 4.78 is 1.85. The van der Waals surface area contributed by atoms with Gasteiger partial charge in [0.2, 0.25) is 0 Å². The standard InChI is InChI=1S/C19H22N4O/c1-14-5-4-6-15(9-14)18(12-22(2)3)21-19(24)16-7-8-17-10-20-13-23(17)11-16/h4-11,13,18H,12H2,1-3H3,(H,21,24). The minimum absolute atomic E-state index is 0.0640. The molecule has 0 saturated carbocycles. The van der Waals surface area contributed by atoms with Crippen molar-refractivity contribution < 1.29 is 4.79 Å². The van der Waals surface area contributed by atoms with E-state index in [1.54, 1.807) is 18.7 Å². The molecule has 0 fully saturated rings. The van der Waals surface area contributed by atoms with Crippen molar-refractivity contribution in [1.82, 2.24) is 19.6 Å². The number of benzene rings is 1. The fourth-order valence-corrected chi connectivity index (χ4v) is 2.78. The van der Waals surface area contributed by atoms with Gasteiger partial charge >= 0.3 is 0 Å². The summed E-state index contributed by atoms with van der Waals surface area (Å²) in [6.07, 6.45) is 5.27. The Hall–Kier alpha value is -2.66. The highest BCUT2D eigenvalue weighted by atomic mass is 16.1. The van der Waals surface area contributed by atoms with Crippen molar-refractivity contribution in [3.8, 4) is 0 Å². The number of rotatable bonds is 5. The molecule has 0 aliphatic heterocycles. The van der Waals surface area contributed by atoms with Crippen LogP contribution in [0.3, 0.4) is 0 Å². The second-order valence-corrected chi connectivity index (χ2v) is 6.35. The third-order valence-electron chi connectivity index (χ3n) is 3.97. The van der Waals surface area contributed by atoms with Crippen molar-refractivity contribution in [2.75, 3.05) is 20.6 Å². The molecule has 1 amide bonds. The molecule has 1 atom stereocenters. The van der Waals surface area contributed by atoms with Gasteiger partial charge in [0.05, 0.1) is 29.6 Å². The Balaban J connectivity index is 1.84. The van der Waals surface area contributed by atoms with Crippen LogP contribution in [0.5, 0.6) is 0 Å². The van der Waals surface area contributed by atoms with E-state index in [1.165, 1.54) is 5.56 Å². The highest BCUT2D eigenvalue weighted by Gasteiger charge is 2.17. The van der Waals surface area contributed by atoms with Gasteiger partial charge in [0.15, 0.2) is 0 Å². The average Bonchev–Trinajstić information content (AvgIpc) is 3.01. The lowest BCUT2D eigenvalue weighted by Crippen LogP contribution is -2.35. The molecule has 1 aromatic carbocycles. The molecule has 0 aliphatic rings. The van der Waals surface area contributed by atoms with E-state index in [0.717, 1.165) is 17.6 Å². The number of carbonyl (C=O) groups is 1. The Morgan fingerprint density at radius 1 is 1.29 bits per heavy atom. The van der Waals surface area contributed by atoms with Gasteiger partial charge in [0, 0.05) is 12.7 Å². The van der Waals surface area contributed by atoms with Gasteiger partial charge in [0.25, 0.3) is 5.91 Å². The van der Waals surface area contributed by atoms with Gasteiger partial charge in [-0.2, -0.15) is 0 Å². The highest BCUT2D eigenvalue weighted by molar-refractivity contribution is 5.94. The summed E-state index contributed by atoms with van der Waals surface area (Å²) in [5.74, 6) is -0.0843. The van der Waals surface area contributed by atoms with Crippen molar-refractivity contribution in [1.29, 1.82) is 0 Å². The van der Waals surface area contributed by atoms with Gasteiger partial charge < -0.3 is 14.6 Å². The number of pyridine rings is 1. The van der Waals surface area contributed by atoms with Crippen LogP contribution < -0.4 is 5.32 Å². The van der Waals surface area contributed by atoms with Gasteiger partial charge in [0.1, 0.15) is 0 Å². The minimum Gasteiger partial charge on any atom is -0.344 e. The average molecular weight is 322 g/mol. The molecular weight excluding hydrogens is 300 g/mol. The summed E-state index contributed by atoms with van der Waals surface area (Å²) >= 11 is 0. The summed E-state index contributed by atoms with van der Waals surface area (Å²) in [5, 5.41) is 3.15. The first-order valence-electron chi connectivity index (χ1n) is 7.97. The predicted molar refractivity (Wildman–Crippen MR) is 95.1 cm³/mol. The molecule has 0 aliphatic carbocycles. The maximum Gasteiger partial charge on any atom is 0.253 e. The predicted octanol–water partition coefficient (Wildman–Crippen LogP) is 2.68.